The first-order valence-electron chi connectivity index (χ1n) is 3.05. The van der Waals surface area contributed by atoms with E-state index >= 15 is 0 Å². The van der Waals surface area contributed by atoms with E-state index in [2.05, 4.69) is 5.32 Å². The fourth-order valence-electron chi connectivity index (χ4n) is 0.462. The highest BCUT2D eigenvalue weighted by atomic mass is 32.3. The number of hydrogen-bond acceptors (Lipinski definition) is 3. The van der Waals surface area contributed by atoms with Crippen molar-refractivity contribution in [1.82, 2.24) is 5.32 Å². The third-order valence-electron chi connectivity index (χ3n) is 1.29. The van der Waals surface area contributed by atoms with Crippen molar-refractivity contribution in [2.24, 2.45) is 0 Å². The topological polar surface area (TPSA) is 46.2 Å². The molecule has 10 heavy (non-hydrogen) atoms. The predicted octanol–water partition coefficient (Wildman–Crippen LogP) is 0.284. The number of hydrogen-bond donors (Lipinski definition) is 1. The molecule has 0 spiro atoms. The van der Waals surface area contributed by atoms with E-state index in [1.54, 1.807) is 14.0 Å². The van der Waals surface area contributed by atoms with Gasteiger partial charge in [0.2, 0.25) is 0 Å². The standard InChI is InChI=1S/C5H12FNO2S/c1-5(7-2)3-4-10(6,8)9/h5,7H,3-4H2,1-2H3. The average molecular weight is 169 g/mol. The largest absolute Gasteiger partial charge is 0.317 e. The minimum Gasteiger partial charge on any atom is -0.317 e. The SMILES string of the molecule is CNC(C)CCS(=O)(=O)F. The molecule has 0 heterocycles. The molecule has 0 aliphatic rings. The Hall–Kier alpha value is -0.160. The smallest absolute Gasteiger partial charge is 0.302 e. The van der Waals surface area contributed by atoms with Crippen LogP contribution in [0, 0.1) is 0 Å². The van der Waals surface area contributed by atoms with E-state index < -0.39 is 16.0 Å². The van der Waals surface area contributed by atoms with Gasteiger partial charge in [0.25, 0.3) is 0 Å². The molecule has 0 aliphatic carbocycles. The lowest BCUT2D eigenvalue weighted by Crippen LogP contribution is -2.23. The van der Waals surface area contributed by atoms with Gasteiger partial charge < -0.3 is 5.32 Å². The Labute approximate surface area is 60.8 Å². The molecule has 0 saturated heterocycles. The summed E-state index contributed by atoms with van der Waals surface area (Å²) in [6.07, 6.45) is 0.315. The van der Waals surface area contributed by atoms with Crippen LogP contribution in [-0.2, 0) is 10.2 Å². The van der Waals surface area contributed by atoms with Gasteiger partial charge in [0.05, 0.1) is 5.75 Å². The molecule has 0 radical (unpaired) electrons. The first-order valence-corrected chi connectivity index (χ1v) is 4.60. The molecular weight excluding hydrogens is 157 g/mol. The fourth-order valence-corrected chi connectivity index (χ4v) is 1.10. The highest BCUT2D eigenvalue weighted by Gasteiger charge is 2.08. The Bertz CT molecular complexity index is 178. The predicted molar refractivity (Wildman–Crippen MR) is 38.0 cm³/mol. The second kappa shape index (κ2) is 3.88. The second-order valence-electron chi connectivity index (χ2n) is 2.22. The minimum atomic E-state index is -4.27. The summed E-state index contributed by atoms with van der Waals surface area (Å²) in [4.78, 5) is 0. The van der Waals surface area contributed by atoms with Crippen LogP contribution < -0.4 is 5.32 Å². The van der Waals surface area contributed by atoms with Crippen LogP contribution in [0.1, 0.15) is 13.3 Å². The molecular formula is C5H12FNO2S. The summed E-state index contributed by atoms with van der Waals surface area (Å²) in [6, 6.07) is 0.0468. The van der Waals surface area contributed by atoms with Gasteiger partial charge >= 0.3 is 10.2 Å². The van der Waals surface area contributed by atoms with Crippen LogP contribution in [0.15, 0.2) is 0 Å². The number of rotatable bonds is 4. The third kappa shape index (κ3) is 5.97. The van der Waals surface area contributed by atoms with Crippen LogP contribution in [0.4, 0.5) is 3.89 Å². The maximum Gasteiger partial charge on any atom is 0.302 e. The first kappa shape index (κ1) is 9.84. The monoisotopic (exact) mass is 169 g/mol. The molecule has 0 aliphatic heterocycles. The van der Waals surface area contributed by atoms with Gasteiger partial charge in [-0.1, -0.05) is 0 Å². The maximum absolute atomic E-state index is 11.8. The van der Waals surface area contributed by atoms with Gasteiger partial charge in [-0.2, -0.15) is 8.42 Å². The Morgan fingerprint density at radius 1 is 1.60 bits per heavy atom. The second-order valence-corrected chi connectivity index (χ2v) is 3.71. The van der Waals surface area contributed by atoms with Gasteiger partial charge in [-0.15, -0.1) is 3.89 Å². The Morgan fingerprint density at radius 2 is 2.10 bits per heavy atom. The molecule has 62 valence electrons. The summed E-state index contributed by atoms with van der Waals surface area (Å²) in [5.74, 6) is -0.394. The summed E-state index contributed by atoms with van der Waals surface area (Å²) in [6.45, 7) is 1.80. The highest BCUT2D eigenvalue weighted by molar-refractivity contribution is 7.86. The van der Waals surface area contributed by atoms with E-state index in [4.69, 9.17) is 0 Å². The molecule has 0 aromatic carbocycles. The zero-order valence-corrected chi connectivity index (χ0v) is 6.91. The fraction of sp³-hybridized carbons (Fsp3) is 1.00. The molecule has 3 nitrogen and oxygen atoms in total. The molecule has 0 aromatic rings. The van der Waals surface area contributed by atoms with Gasteiger partial charge in [-0.3, -0.25) is 0 Å². The van der Waals surface area contributed by atoms with E-state index in [0.717, 1.165) is 0 Å². The molecule has 1 atom stereocenters. The first-order chi connectivity index (χ1) is 4.45. The van der Waals surface area contributed by atoms with Gasteiger partial charge in [0, 0.05) is 6.04 Å². The Balaban J connectivity index is 3.56. The molecule has 0 amide bonds. The van der Waals surface area contributed by atoms with Crippen molar-refractivity contribution in [1.29, 1.82) is 0 Å². The van der Waals surface area contributed by atoms with Crippen LogP contribution in [0.25, 0.3) is 0 Å². The number of halogens is 1. The van der Waals surface area contributed by atoms with E-state index in [1.165, 1.54) is 0 Å². The Morgan fingerprint density at radius 3 is 2.40 bits per heavy atom. The van der Waals surface area contributed by atoms with Crippen LogP contribution in [-0.4, -0.2) is 27.3 Å². The van der Waals surface area contributed by atoms with Crippen molar-refractivity contribution in [3.05, 3.63) is 0 Å². The van der Waals surface area contributed by atoms with Crippen molar-refractivity contribution in [2.75, 3.05) is 12.8 Å². The van der Waals surface area contributed by atoms with Crippen LogP contribution in [0.3, 0.4) is 0 Å². The third-order valence-corrected chi connectivity index (χ3v) is 2.01. The lowest BCUT2D eigenvalue weighted by Gasteiger charge is -2.06. The van der Waals surface area contributed by atoms with Gasteiger partial charge in [-0.05, 0) is 20.4 Å². The lowest BCUT2D eigenvalue weighted by atomic mass is 10.3. The molecule has 0 rings (SSSR count). The van der Waals surface area contributed by atoms with Gasteiger partial charge in [-0.25, -0.2) is 0 Å². The van der Waals surface area contributed by atoms with Crippen molar-refractivity contribution in [3.8, 4) is 0 Å². The zero-order valence-electron chi connectivity index (χ0n) is 6.09. The summed E-state index contributed by atoms with van der Waals surface area (Å²) < 4.78 is 31.7. The minimum absolute atomic E-state index is 0.0468. The van der Waals surface area contributed by atoms with Gasteiger partial charge in [0.1, 0.15) is 0 Å². The summed E-state index contributed by atoms with van der Waals surface area (Å²) in [7, 11) is -2.57. The molecule has 0 bridgehead atoms. The molecule has 0 fully saturated rings. The van der Waals surface area contributed by atoms with Crippen LogP contribution >= 0.6 is 0 Å². The van der Waals surface area contributed by atoms with Crippen molar-refractivity contribution in [2.45, 2.75) is 19.4 Å². The summed E-state index contributed by atoms with van der Waals surface area (Å²) in [5, 5.41) is 2.81. The van der Waals surface area contributed by atoms with Gasteiger partial charge in [0.15, 0.2) is 0 Å². The molecule has 1 N–H and O–H groups in total. The zero-order chi connectivity index (χ0) is 8.20. The quantitative estimate of drug-likeness (QED) is 0.615. The van der Waals surface area contributed by atoms with Crippen LogP contribution in [0.2, 0.25) is 0 Å². The van der Waals surface area contributed by atoms with Crippen molar-refractivity contribution in [3.63, 3.8) is 0 Å². The summed E-state index contributed by atoms with van der Waals surface area (Å²) in [5.41, 5.74) is 0. The average Bonchev–Trinajstić information content (AvgIpc) is 1.81. The maximum atomic E-state index is 11.8. The van der Waals surface area contributed by atoms with Crippen molar-refractivity contribution < 1.29 is 12.3 Å². The van der Waals surface area contributed by atoms with E-state index in [-0.39, 0.29) is 6.04 Å². The lowest BCUT2D eigenvalue weighted by molar-refractivity contribution is 0.533. The highest BCUT2D eigenvalue weighted by Crippen LogP contribution is 1.97. The normalized spacial score (nSPS) is 15.1. The van der Waals surface area contributed by atoms with Crippen molar-refractivity contribution >= 4 is 10.2 Å². The summed E-state index contributed by atoms with van der Waals surface area (Å²) >= 11 is 0. The molecule has 5 heteroatoms. The molecule has 0 aromatic heterocycles. The number of nitrogens with one attached hydrogen (secondary N) is 1. The molecule has 0 saturated carbocycles. The van der Waals surface area contributed by atoms with E-state index in [9.17, 15) is 12.3 Å². The Kier molecular flexibility index (Phi) is 3.81. The van der Waals surface area contributed by atoms with E-state index in [0.29, 0.717) is 6.42 Å². The van der Waals surface area contributed by atoms with Crippen LogP contribution in [0.5, 0.6) is 0 Å². The molecule has 1 unspecified atom stereocenters. The van der Waals surface area contributed by atoms with E-state index in [1.807, 2.05) is 0 Å².